The Balaban J connectivity index is 2.39. The first-order valence-corrected chi connectivity index (χ1v) is 5.95. The highest BCUT2D eigenvalue weighted by Crippen LogP contribution is 2.01. The highest BCUT2D eigenvalue weighted by Gasteiger charge is 2.22. The second kappa shape index (κ2) is 6.18. The maximum atomic E-state index is 11.3. The van der Waals surface area contributed by atoms with Crippen LogP contribution in [-0.4, -0.2) is 67.6 Å². The molecule has 0 aliphatic carbocycles. The average Bonchev–Trinajstić information content (AvgIpc) is 2.19. The quantitative estimate of drug-likeness (QED) is 0.639. The van der Waals surface area contributed by atoms with E-state index in [4.69, 9.17) is 5.73 Å². The van der Waals surface area contributed by atoms with E-state index in [1.54, 1.807) is 0 Å². The van der Waals surface area contributed by atoms with Gasteiger partial charge in [-0.1, -0.05) is 13.8 Å². The Hall–Kier alpha value is -0.650. The van der Waals surface area contributed by atoms with Crippen LogP contribution in [0.1, 0.15) is 13.8 Å². The summed E-state index contributed by atoms with van der Waals surface area (Å²) in [7, 11) is 2.12. The lowest BCUT2D eigenvalue weighted by molar-refractivity contribution is -0.120. The largest absolute Gasteiger partial charge is 0.368 e. The summed E-state index contributed by atoms with van der Waals surface area (Å²) in [5.74, 6) is -0.257. The van der Waals surface area contributed by atoms with E-state index in [1.807, 2.05) is 13.8 Å². The number of nitrogens with one attached hydrogen (secondary N) is 1. The zero-order chi connectivity index (χ0) is 12.1. The highest BCUT2D eigenvalue weighted by atomic mass is 16.1. The van der Waals surface area contributed by atoms with Crippen molar-refractivity contribution in [3.8, 4) is 0 Å². The molecular formula is C11H24N4O. The van der Waals surface area contributed by atoms with Crippen molar-refractivity contribution in [2.24, 2.45) is 5.73 Å². The number of hydrogen-bond donors (Lipinski definition) is 2. The molecule has 1 atom stereocenters. The standard InChI is InChI=1S/C11H24N4O/c1-9(2)13-10(11(12)16)8-15-6-4-14(3)5-7-15/h9-10,13H,4-8H2,1-3H3,(H2,12,16). The van der Waals surface area contributed by atoms with Crippen LogP contribution in [0, 0.1) is 0 Å². The molecule has 0 aromatic carbocycles. The van der Waals surface area contributed by atoms with Crippen molar-refractivity contribution in [1.29, 1.82) is 0 Å². The summed E-state index contributed by atoms with van der Waals surface area (Å²) in [6.45, 7) is 8.93. The summed E-state index contributed by atoms with van der Waals surface area (Å²) >= 11 is 0. The summed E-state index contributed by atoms with van der Waals surface area (Å²) in [6, 6.07) is 0.0494. The van der Waals surface area contributed by atoms with Crippen molar-refractivity contribution in [3.05, 3.63) is 0 Å². The van der Waals surface area contributed by atoms with E-state index in [0.717, 1.165) is 32.7 Å². The predicted molar refractivity (Wildman–Crippen MR) is 65.2 cm³/mol. The third kappa shape index (κ3) is 4.47. The molecule has 1 unspecified atom stereocenters. The summed E-state index contributed by atoms with van der Waals surface area (Å²) in [4.78, 5) is 15.9. The molecule has 1 aliphatic heterocycles. The van der Waals surface area contributed by atoms with E-state index in [9.17, 15) is 4.79 Å². The Kier molecular flexibility index (Phi) is 5.18. The Labute approximate surface area is 98.0 Å². The molecule has 3 N–H and O–H groups in total. The summed E-state index contributed by atoms with van der Waals surface area (Å²) in [5.41, 5.74) is 5.39. The molecule has 0 aromatic rings. The smallest absolute Gasteiger partial charge is 0.235 e. The number of primary amides is 1. The van der Waals surface area contributed by atoms with Crippen LogP contribution < -0.4 is 11.1 Å². The number of piperazine rings is 1. The molecule has 0 aromatic heterocycles. The second-order valence-electron chi connectivity index (χ2n) is 4.88. The second-order valence-corrected chi connectivity index (χ2v) is 4.88. The number of carbonyl (C=O) groups excluding carboxylic acids is 1. The van der Waals surface area contributed by atoms with E-state index in [0.29, 0.717) is 0 Å². The molecule has 5 nitrogen and oxygen atoms in total. The van der Waals surface area contributed by atoms with Gasteiger partial charge in [0.1, 0.15) is 0 Å². The zero-order valence-electron chi connectivity index (χ0n) is 10.6. The molecule has 1 rings (SSSR count). The van der Waals surface area contributed by atoms with Crippen LogP contribution in [0.25, 0.3) is 0 Å². The van der Waals surface area contributed by atoms with Crippen molar-refractivity contribution in [2.45, 2.75) is 25.9 Å². The van der Waals surface area contributed by atoms with E-state index in [2.05, 4.69) is 22.2 Å². The molecule has 5 heteroatoms. The van der Waals surface area contributed by atoms with Crippen LogP contribution in [0.4, 0.5) is 0 Å². The predicted octanol–water partition coefficient (Wildman–Crippen LogP) is -0.914. The molecule has 1 saturated heterocycles. The first kappa shape index (κ1) is 13.4. The molecule has 94 valence electrons. The summed E-state index contributed by atoms with van der Waals surface area (Å²) in [6.07, 6.45) is 0. The van der Waals surface area contributed by atoms with Gasteiger partial charge in [0.25, 0.3) is 0 Å². The fourth-order valence-electron chi connectivity index (χ4n) is 1.92. The van der Waals surface area contributed by atoms with Crippen LogP contribution in [0.15, 0.2) is 0 Å². The maximum absolute atomic E-state index is 11.3. The lowest BCUT2D eigenvalue weighted by atomic mass is 10.2. The van der Waals surface area contributed by atoms with Gasteiger partial charge < -0.3 is 16.0 Å². The van der Waals surface area contributed by atoms with E-state index in [-0.39, 0.29) is 18.0 Å². The van der Waals surface area contributed by atoms with Gasteiger partial charge in [0.2, 0.25) is 5.91 Å². The SMILES string of the molecule is CC(C)NC(CN1CCN(C)CC1)C(N)=O. The van der Waals surface area contributed by atoms with Gasteiger partial charge in [-0.15, -0.1) is 0 Å². The first-order valence-electron chi connectivity index (χ1n) is 5.95. The van der Waals surface area contributed by atoms with Crippen molar-refractivity contribution in [3.63, 3.8) is 0 Å². The van der Waals surface area contributed by atoms with Crippen LogP contribution in [0.5, 0.6) is 0 Å². The number of hydrogen-bond acceptors (Lipinski definition) is 4. The van der Waals surface area contributed by atoms with Crippen LogP contribution in [-0.2, 0) is 4.79 Å². The van der Waals surface area contributed by atoms with Gasteiger partial charge >= 0.3 is 0 Å². The van der Waals surface area contributed by atoms with E-state index in [1.165, 1.54) is 0 Å². The fraction of sp³-hybridized carbons (Fsp3) is 0.909. The molecule has 16 heavy (non-hydrogen) atoms. The average molecular weight is 228 g/mol. The molecule has 0 saturated carbocycles. The molecule has 0 radical (unpaired) electrons. The zero-order valence-corrected chi connectivity index (χ0v) is 10.6. The highest BCUT2D eigenvalue weighted by molar-refractivity contribution is 5.80. The van der Waals surface area contributed by atoms with Gasteiger partial charge in [-0.2, -0.15) is 0 Å². The molecule has 1 aliphatic rings. The summed E-state index contributed by atoms with van der Waals surface area (Å²) < 4.78 is 0. The summed E-state index contributed by atoms with van der Waals surface area (Å²) in [5, 5.41) is 3.21. The lowest BCUT2D eigenvalue weighted by Gasteiger charge is -2.34. The minimum absolute atomic E-state index is 0.233. The van der Waals surface area contributed by atoms with Crippen molar-refractivity contribution < 1.29 is 4.79 Å². The number of rotatable bonds is 5. The van der Waals surface area contributed by atoms with Gasteiger partial charge in [-0.25, -0.2) is 0 Å². The minimum Gasteiger partial charge on any atom is -0.368 e. The monoisotopic (exact) mass is 228 g/mol. The third-order valence-electron chi connectivity index (χ3n) is 2.91. The van der Waals surface area contributed by atoms with Crippen molar-refractivity contribution >= 4 is 5.91 Å². The molecular weight excluding hydrogens is 204 g/mol. The Morgan fingerprint density at radius 1 is 1.31 bits per heavy atom. The van der Waals surface area contributed by atoms with Gasteiger partial charge in [-0.05, 0) is 7.05 Å². The number of amides is 1. The van der Waals surface area contributed by atoms with Gasteiger partial charge in [0.05, 0.1) is 6.04 Å². The number of nitrogens with zero attached hydrogens (tertiary/aromatic N) is 2. The van der Waals surface area contributed by atoms with Gasteiger partial charge in [-0.3, -0.25) is 9.69 Å². The molecule has 0 bridgehead atoms. The molecule has 1 heterocycles. The molecule has 1 fully saturated rings. The van der Waals surface area contributed by atoms with Crippen LogP contribution in [0.3, 0.4) is 0 Å². The third-order valence-corrected chi connectivity index (χ3v) is 2.91. The molecule has 0 spiro atoms. The van der Waals surface area contributed by atoms with Crippen molar-refractivity contribution in [1.82, 2.24) is 15.1 Å². The van der Waals surface area contributed by atoms with Gasteiger partial charge in [0.15, 0.2) is 0 Å². The van der Waals surface area contributed by atoms with Crippen molar-refractivity contribution in [2.75, 3.05) is 39.8 Å². The topological polar surface area (TPSA) is 61.6 Å². The Morgan fingerprint density at radius 2 is 1.88 bits per heavy atom. The van der Waals surface area contributed by atoms with E-state index < -0.39 is 0 Å². The number of likely N-dealkylation sites (N-methyl/N-ethyl adjacent to an activating group) is 1. The number of carbonyl (C=O) groups is 1. The Morgan fingerprint density at radius 3 is 2.31 bits per heavy atom. The Bertz CT molecular complexity index is 224. The van der Waals surface area contributed by atoms with Crippen LogP contribution >= 0.6 is 0 Å². The number of nitrogens with two attached hydrogens (primary N) is 1. The van der Waals surface area contributed by atoms with Crippen LogP contribution in [0.2, 0.25) is 0 Å². The van der Waals surface area contributed by atoms with E-state index >= 15 is 0 Å². The van der Waals surface area contributed by atoms with Gasteiger partial charge in [0, 0.05) is 38.8 Å². The normalized spacial score (nSPS) is 21.2. The fourth-order valence-corrected chi connectivity index (χ4v) is 1.92. The lowest BCUT2D eigenvalue weighted by Crippen LogP contribution is -2.54. The maximum Gasteiger partial charge on any atom is 0.235 e. The molecule has 1 amide bonds. The first-order chi connectivity index (χ1) is 7.49. The minimum atomic E-state index is -0.257.